The number of benzene rings is 1. The summed E-state index contributed by atoms with van der Waals surface area (Å²) in [6, 6.07) is 9.03. The minimum absolute atomic E-state index is 0.215. The van der Waals surface area contributed by atoms with E-state index in [0.717, 1.165) is 53.5 Å². The van der Waals surface area contributed by atoms with E-state index < -0.39 is 0 Å². The van der Waals surface area contributed by atoms with Crippen molar-refractivity contribution in [2.45, 2.75) is 18.9 Å². The second-order valence-corrected chi connectivity index (χ2v) is 8.86. The van der Waals surface area contributed by atoms with Gasteiger partial charge in [0, 0.05) is 43.3 Å². The van der Waals surface area contributed by atoms with Crippen LogP contribution in [0.15, 0.2) is 34.4 Å². The highest BCUT2D eigenvalue weighted by Gasteiger charge is 2.31. The summed E-state index contributed by atoms with van der Waals surface area (Å²) in [6.45, 7) is 4.35. The van der Waals surface area contributed by atoms with Gasteiger partial charge in [-0.2, -0.15) is 0 Å². The monoisotopic (exact) mass is 406 g/mol. The molecule has 0 amide bonds. The number of anilines is 2. The number of piperazine rings is 1. The number of pyridine rings is 1. The highest BCUT2D eigenvalue weighted by Crippen LogP contribution is 2.32. The molecule has 7 nitrogen and oxygen atoms in total. The van der Waals surface area contributed by atoms with Gasteiger partial charge in [-0.05, 0) is 42.5 Å². The summed E-state index contributed by atoms with van der Waals surface area (Å²) in [5, 5.41) is 2.79. The number of hydrogen-bond acceptors (Lipinski definition) is 6. The fraction of sp³-hybridized carbons (Fsp3) is 0.333. The van der Waals surface area contributed by atoms with Gasteiger partial charge in [-0.3, -0.25) is 9.69 Å². The lowest BCUT2D eigenvalue weighted by Gasteiger charge is -2.36. The van der Waals surface area contributed by atoms with Crippen molar-refractivity contribution in [3.63, 3.8) is 0 Å². The molecule has 6 rings (SSSR count). The van der Waals surface area contributed by atoms with E-state index >= 15 is 0 Å². The molecule has 0 spiro atoms. The summed E-state index contributed by atoms with van der Waals surface area (Å²) in [6.07, 6.45) is 2.73. The van der Waals surface area contributed by atoms with Crippen LogP contribution in [0.4, 0.5) is 11.4 Å². The zero-order valence-electron chi connectivity index (χ0n) is 15.9. The maximum Gasteiger partial charge on any atom is 0.262 e. The number of rotatable bonds is 3. The number of H-pyrrole nitrogens is 2. The molecular formula is C21H22N6OS. The molecule has 0 unspecified atom stereocenters. The predicted octanol–water partition coefficient (Wildman–Crippen LogP) is 3.00. The van der Waals surface area contributed by atoms with Gasteiger partial charge in [-0.25, -0.2) is 4.98 Å². The third-order valence-corrected chi connectivity index (χ3v) is 6.95. The van der Waals surface area contributed by atoms with Gasteiger partial charge >= 0.3 is 0 Å². The Morgan fingerprint density at radius 3 is 2.72 bits per heavy atom. The van der Waals surface area contributed by atoms with Crippen molar-refractivity contribution in [3.05, 3.63) is 40.0 Å². The maximum absolute atomic E-state index is 12.6. The van der Waals surface area contributed by atoms with Crippen LogP contribution in [0.1, 0.15) is 12.8 Å². The minimum atomic E-state index is -0.215. The highest BCUT2D eigenvalue weighted by molar-refractivity contribution is 7.16. The van der Waals surface area contributed by atoms with E-state index in [9.17, 15) is 4.79 Å². The second kappa shape index (κ2) is 6.33. The average Bonchev–Trinajstić information content (AvgIpc) is 3.32. The summed E-state index contributed by atoms with van der Waals surface area (Å²) in [4.78, 5) is 29.3. The molecular weight excluding hydrogens is 384 g/mol. The fourth-order valence-corrected chi connectivity index (χ4v) is 5.17. The molecule has 4 heterocycles. The van der Waals surface area contributed by atoms with Crippen molar-refractivity contribution in [2.75, 3.05) is 36.8 Å². The lowest BCUT2D eigenvalue weighted by molar-refractivity contribution is 0.248. The molecule has 0 atom stereocenters. The Labute approximate surface area is 171 Å². The highest BCUT2D eigenvalue weighted by atomic mass is 32.1. The molecule has 1 saturated carbocycles. The van der Waals surface area contributed by atoms with E-state index in [-0.39, 0.29) is 5.56 Å². The number of nitrogen functional groups attached to an aromatic ring is 1. The topological polar surface area (TPSA) is 94.0 Å². The SMILES string of the molecule is Nc1c(-c2nc3ccc(N4CCN(C5CC5)CC4)cc3[nH]2)c(=O)[nH]c2sccc12. The van der Waals surface area contributed by atoms with Crippen LogP contribution >= 0.6 is 11.3 Å². The molecule has 29 heavy (non-hydrogen) atoms. The molecule has 1 aliphatic carbocycles. The number of nitrogens with zero attached hydrogens (tertiary/aromatic N) is 3. The van der Waals surface area contributed by atoms with Gasteiger partial charge in [-0.15, -0.1) is 11.3 Å². The Morgan fingerprint density at radius 2 is 1.93 bits per heavy atom. The standard InChI is InChI=1S/C21H22N6OS/c22-18-14-5-10-29-21(14)25-20(28)17(18)19-23-15-4-3-13(11-16(15)24-19)27-8-6-26(7-9-27)12-1-2-12/h3-5,10-12H,1-2,6-9H2,(H,23,24)(H3,22,25,28). The number of imidazole rings is 1. The molecule has 2 fully saturated rings. The van der Waals surface area contributed by atoms with Crippen LogP contribution < -0.4 is 16.2 Å². The second-order valence-electron chi connectivity index (χ2n) is 7.95. The third kappa shape index (κ3) is 2.82. The zero-order chi connectivity index (χ0) is 19.5. The van der Waals surface area contributed by atoms with Gasteiger partial charge in [0.15, 0.2) is 0 Å². The molecule has 8 heteroatoms. The van der Waals surface area contributed by atoms with Crippen LogP contribution in [0.25, 0.3) is 32.6 Å². The third-order valence-electron chi connectivity index (χ3n) is 6.12. The molecule has 2 aliphatic rings. The largest absolute Gasteiger partial charge is 0.397 e. The first-order valence-corrected chi connectivity index (χ1v) is 10.9. The quantitative estimate of drug-likeness (QED) is 0.486. The average molecular weight is 407 g/mol. The van der Waals surface area contributed by atoms with E-state index in [1.54, 1.807) is 0 Å². The number of thiophene rings is 1. The normalized spacial score (nSPS) is 18.1. The first-order chi connectivity index (χ1) is 14.2. The first kappa shape index (κ1) is 17.1. The zero-order valence-corrected chi connectivity index (χ0v) is 16.8. The Kier molecular flexibility index (Phi) is 3.72. The molecule has 0 bridgehead atoms. The van der Waals surface area contributed by atoms with E-state index in [1.165, 1.54) is 29.9 Å². The maximum atomic E-state index is 12.6. The van der Waals surface area contributed by atoms with E-state index in [4.69, 9.17) is 5.73 Å². The number of aromatic amines is 2. The molecule has 0 radical (unpaired) electrons. The van der Waals surface area contributed by atoms with Gasteiger partial charge in [-0.1, -0.05) is 0 Å². The number of hydrogen-bond donors (Lipinski definition) is 3. The van der Waals surface area contributed by atoms with Crippen molar-refractivity contribution in [1.82, 2.24) is 19.9 Å². The number of nitrogens with two attached hydrogens (primary N) is 1. The predicted molar refractivity (Wildman–Crippen MR) is 119 cm³/mol. The number of aromatic nitrogens is 3. The summed E-state index contributed by atoms with van der Waals surface area (Å²) in [5.74, 6) is 0.516. The fourth-order valence-electron chi connectivity index (χ4n) is 4.37. The van der Waals surface area contributed by atoms with Crippen LogP contribution in [-0.4, -0.2) is 52.1 Å². The van der Waals surface area contributed by atoms with Crippen molar-refractivity contribution < 1.29 is 0 Å². The van der Waals surface area contributed by atoms with Gasteiger partial charge < -0.3 is 20.6 Å². The Hall–Kier alpha value is -2.84. The molecule has 1 saturated heterocycles. The van der Waals surface area contributed by atoms with Gasteiger partial charge in [0.1, 0.15) is 16.2 Å². The summed E-state index contributed by atoms with van der Waals surface area (Å²) >= 11 is 1.47. The molecule has 3 aromatic heterocycles. The lowest BCUT2D eigenvalue weighted by atomic mass is 10.2. The van der Waals surface area contributed by atoms with Gasteiger partial charge in [0.2, 0.25) is 0 Å². The Morgan fingerprint density at radius 1 is 1.10 bits per heavy atom. The Bertz CT molecular complexity index is 1280. The van der Waals surface area contributed by atoms with Crippen molar-refractivity contribution in [3.8, 4) is 11.4 Å². The summed E-state index contributed by atoms with van der Waals surface area (Å²) in [5.41, 5.74) is 9.94. The van der Waals surface area contributed by atoms with Crippen molar-refractivity contribution >= 4 is 44.0 Å². The number of fused-ring (bicyclic) bond motifs is 2. The Balaban J connectivity index is 1.35. The molecule has 1 aliphatic heterocycles. The summed E-state index contributed by atoms with van der Waals surface area (Å²) < 4.78 is 0. The lowest BCUT2D eigenvalue weighted by Crippen LogP contribution is -2.47. The smallest absolute Gasteiger partial charge is 0.262 e. The van der Waals surface area contributed by atoms with Crippen LogP contribution in [-0.2, 0) is 0 Å². The number of nitrogens with one attached hydrogen (secondary N) is 2. The van der Waals surface area contributed by atoms with E-state index in [1.807, 2.05) is 17.5 Å². The molecule has 4 N–H and O–H groups in total. The van der Waals surface area contributed by atoms with Crippen molar-refractivity contribution in [1.29, 1.82) is 0 Å². The molecule has 4 aromatic rings. The van der Waals surface area contributed by atoms with E-state index in [0.29, 0.717) is 17.1 Å². The molecule has 148 valence electrons. The van der Waals surface area contributed by atoms with Crippen molar-refractivity contribution in [2.24, 2.45) is 0 Å². The van der Waals surface area contributed by atoms with Crippen LogP contribution in [0, 0.1) is 0 Å². The minimum Gasteiger partial charge on any atom is -0.397 e. The van der Waals surface area contributed by atoms with Crippen LogP contribution in [0.2, 0.25) is 0 Å². The van der Waals surface area contributed by atoms with Crippen LogP contribution in [0.5, 0.6) is 0 Å². The van der Waals surface area contributed by atoms with E-state index in [2.05, 4.69) is 36.9 Å². The first-order valence-electron chi connectivity index (χ1n) is 10.1. The van der Waals surface area contributed by atoms with Gasteiger partial charge in [0.25, 0.3) is 5.56 Å². The van der Waals surface area contributed by atoms with Crippen LogP contribution in [0.3, 0.4) is 0 Å². The summed E-state index contributed by atoms with van der Waals surface area (Å²) in [7, 11) is 0. The van der Waals surface area contributed by atoms with Gasteiger partial charge in [0.05, 0.1) is 16.7 Å². The molecule has 1 aromatic carbocycles.